The average Bonchev–Trinajstić information content (AvgIpc) is 2.57. The normalized spacial score (nSPS) is 16.6. The van der Waals surface area contributed by atoms with Crippen LogP contribution in [-0.2, 0) is 9.59 Å². The van der Waals surface area contributed by atoms with Gasteiger partial charge in [0.1, 0.15) is 11.9 Å². The molecule has 1 unspecified atom stereocenters. The second kappa shape index (κ2) is 6.08. The van der Waals surface area contributed by atoms with E-state index in [9.17, 15) is 9.59 Å². The predicted molar refractivity (Wildman–Crippen MR) is 95.4 cm³/mol. The summed E-state index contributed by atoms with van der Waals surface area (Å²) >= 11 is 0. The first-order chi connectivity index (χ1) is 11.8. The fourth-order valence-corrected chi connectivity index (χ4v) is 2.65. The zero-order valence-electron chi connectivity index (χ0n) is 14.3. The zero-order chi connectivity index (χ0) is 18.2. The summed E-state index contributed by atoms with van der Waals surface area (Å²) in [6.07, 6.45) is 0. The minimum absolute atomic E-state index is 0.246. The number of anilines is 3. The van der Waals surface area contributed by atoms with Crippen molar-refractivity contribution in [3.8, 4) is 5.75 Å². The van der Waals surface area contributed by atoms with Crippen molar-refractivity contribution in [2.75, 3.05) is 16.0 Å². The number of ether oxygens (including phenoxy) is 1. The van der Waals surface area contributed by atoms with Crippen LogP contribution in [0.1, 0.15) is 20.8 Å². The first-order valence-electron chi connectivity index (χ1n) is 7.95. The minimum Gasteiger partial charge on any atom is -0.474 e. The Morgan fingerprint density at radius 1 is 1.24 bits per heavy atom. The molecule has 7 nitrogen and oxygen atoms in total. The molecule has 0 saturated carbocycles. The number of amides is 2. The van der Waals surface area contributed by atoms with E-state index < -0.39 is 11.6 Å². The van der Waals surface area contributed by atoms with Gasteiger partial charge < -0.3 is 15.8 Å². The molecule has 2 aromatic rings. The van der Waals surface area contributed by atoms with Crippen molar-refractivity contribution in [1.82, 2.24) is 4.98 Å². The molecule has 0 fully saturated rings. The molecule has 1 atom stereocenters. The number of nitrogen functional groups attached to an aromatic ring is 1. The third kappa shape index (κ3) is 3.13. The minimum atomic E-state index is -1.11. The largest absolute Gasteiger partial charge is 0.474 e. The van der Waals surface area contributed by atoms with E-state index in [-0.39, 0.29) is 23.5 Å². The topological polar surface area (TPSA) is 97.5 Å². The van der Waals surface area contributed by atoms with Gasteiger partial charge in [-0.15, -0.1) is 0 Å². The van der Waals surface area contributed by atoms with Gasteiger partial charge >= 0.3 is 0 Å². The van der Waals surface area contributed by atoms with E-state index in [2.05, 4.69) is 10.3 Å². The summed E-state index contributed by atoms with van der Waals surface area (Å²) in [6.45, 7) is 4.96. The maximum Gasteiger partial charge on any atom is 0.272 e. The number of benzene rings is 1. The molecule has 2 amide bonds. The molecule has 0 saturated heterocycles. The standard InChI is InChI=1S/C18H20N4O3/c1-11(16(23)20-12-7-5-4-6-8-12)22-15-13(9-10-14(19)21-15)25-18(2,3)17(22)24/h4-11H,1-3H3,(H2,19,21)(H,20,23). The van der Waals surface area contributed by atoms with Crippen molar-refractivity contribution in [2.24, 2.45) is 0 Å². The summed E-state index contributed by atoms with van der Waals surface area (Å²) in [5, 5.41) is 2.80. The Labute approximate surface area is 145 Å². The van der Waals surface area contributed by atoms with Crippen LogP contribution in [0.25, 0.3) is 0 Å². The van der Waals surface area contributed by atoms with Gasteiger partial charge in [0.05, 0.1) is 0 Å². The molecule has 3 N–H and O–H groups in total. The van der Waals surface area contributed by atoms with Crippen LogP contribution in [-0.4, -0.2) is 28.4 Å². The lowest BCUT2D eigenvalue weighted by molar-refractivity contribution is -0.134. The van der Waals surface area contributed by atoms with Gasteiger partial charge in [0.2, 0.25) is 5.91 Å². The fraction of sp³-hybridized carbons (Fsp3) is 0.278. The summed E-state index contributed by atoms with van der Waals surface area (Å²) in [5.74, 6) is 0.231. The van der Waals surface area contributed by atoms with E-state index in [1.54, 1.807) is 45.0 Å². The molecule has 3 rings (SSSR count). The van der Waals surface area contributed by atoms with E-state index >= 15 is 0 Å². The fourth-order valence-electron chi connectivity index (χ4n) is 2.65. The number of aromatic nitrogens is 1. The highest BCUT2D eigenvalue weighted by Crippen LogP contribution is 2.38. The van der Waals surface area contributed by atoms with Gasteiger partial charge in [0.15, 0.2) is 17.2 Å². The second-order valence-electron chi connectivity index (χ2n) is 6.38. The molecule has 1 aromatic heterocycles. The number of hydrogen-bond donors (Lipinski definition) is 2. The Morgan fingerprint density at radius 2 is 1.92 bits per heavy atom. The number of rotatable bonds is 3. The van der Waals surface area contributed by atoms with E-state index in [0.29, 0.717) is 11.4 Å². The molecule has 7 heteroatoms. The monoisotopic (exact) mass is 340 g/mol. The van der Waals surface area contributed by atoms with Crippen LogP contribution in [0.5, 0.6) is 5.75 Å². The van der Waals surface area contributed by atoms with Crippen LogP contribution in [0.3, 0.4) is 0 Å². The average molecular weight is 340 g/mol. The van der Waals surface area contributed by atoms with E-state index in [1.165, 1.54) is 4.90 Å². The molecule has 1 aliphatic rings. The number of carbonyl (C=O) groups excluding carboxylic acids is 2. The van der Waals surface area contributed by atoms with Gasteiger partial charge in [0, 0.05) is 5.69 Å². The van der Waals surface area contributed by atoms with Crippen LogP contribution in [0.2, 0.25) is 0 Å². The SMILES string of the molecule is CC(C(=O)Nc1ccccc1)N1C(=O)C(C)(C)Oc2ccc(N)nc21. The third-order valence-electron chi connectivity index (χ3n) is 4.00. The summed E-state index contributed by atoms with van der Waals surface area (Å²) < 4.78 is 5.72. The maximum absolute atomic E-state index is 12.9. The molecular formula is C18H20N4O3. The molecule has 1 aromatic carbocycles. The van der Waals surface area contributed by atoms with Gasteiger partial charge in [0.25, 0.3) is 5.91 Å². The smallest absolute Gasteiger partial charge is 0.272 e. The Morgan fingerprint density at radius 3 is 2.60 bits per heavy atom. The van der Waals surface area contributed by atoms with Crippen LogP contribution in [0.4, 0.5) is 17.3 Å². The first kappa shape index (κ1) is 16.8. The number of pyridine rings is 1. The lowest BCUT2D eigenvalue weighted by Gasteiger charge is -2.40. The number of hydrogen-bond acceptors (Lipinski definition) is 5. The van der Waals surface area contributed by atoms with E-state index in [1.807, 2.05) is 18.2 Å². The summed E-state index contributed by atoms with van der Waals surface area (Å²) in [7, 11) is 0. The van der Waals surface area contributed by atoms with Crippen LogP contribution in [0.15, 0.2) is 42.5 Å². The number of fused-ring (bicyclic) bond motifs is 1. The van der Waals surface area contributed by atoms with Gasteiger partial charge in [-0.3, -0.25) is 14.5 Å². The third-order valence-corrected chi connectivity index (χ3v) is 4.00. The highest BCUT2D eigenvalue weighted by Gasteiger charge is 2.45. The molecule has 130 valence electrons. The molecule has 25 heavy (non-hydrogen) atoms. The predicted octanol–water partition coefficient (Wildman–Crippen LogP) is 2.19. The highest BCUT2D eigenvalue weighted by molar-refractivity contribution is 6.08. The van der Waals surface area contributed by atoms with Crippen molar-refractivity contribution in [1.29, 1.82) is 0 Å². The van der Waals surface area contributed by atoms with Crippen molar-refractivity contribution in [2.45, 2.75) is 32.4 Å². The number of nitrogens with two attached hydrogens (primary N) is 1. The Hall–Kier alpha value is -3.09. The quantitative estimate of drug-likeness (QED) is 0.892. The lowest BCUT2D eigenvalue weighted by atomic mass is 10.0. The summed E-state index contributed by atoms with van der Waals surface area (Å²) in [5.41, 5.74) is 5.30. The molecular weight excluding hydrogens is 320 g/mol. The van der Waals surface area contributed by atoms with Crippen LogP contribution in [0, 0.1) is 0 Å². The Balaban J connectivity index is 1.95. The zero-order valence-corrected chi connectivity index (χ0v) is 14.3. The number of carbonyl (C=O) groups is 2. The molecule has 2 heterocycles. The highest BCUT2D eigenvalue weighted by atomic mass is 16.5. The summed E-state index contributed by atoms with van der Waals surface area (Å²) in [4.78, 5) is 31.1. The molecule has 0 radical (unpaired) electrons. The van der Waals surface area contributed by atoms with Crippen molar-refractivity contribution in [3.05, 3.63) is 42.5 Å². The Bertz CT molecular complexity index is 820. The van der Waals surface area contributed by atoms with Crippen LogP contribution < -0.4 is 20.7 Å². The molecule has 0 spiro atoms. The van der Waals surface area contributed by atoms with Crippen molar-refractivity contribution >= 4 is 29.1 Å². The molecule has 1 aliphatic heterocycles. The number of nitrogens with one attached hydrogen (secondary N) is 1. The van der Waals surface area contributed by atoms with Crippen molar-refractivity contribution < 1.29 is 14.3 Å². The van der Waals surface area contributed by atoms with Gasteiger partial charge in [-0.05, 0) is 45.0 Å². The van der Waals surface area contributed by atoms with E-state index in [4.69, 9.17) is 10.5 Å². The van der Waals surface area contributed by atoms with Crippen LogP contribution >= 0.6 is 0 Å². The first-order valence-corrected chi connectivity index (χ1v) is 7.95. The van der Waals surface area contributed by atoms with E-state index in [0.717, 1.165) is 0 Å². The summed E-state index contributed by atoms with van der Waals surface area (Å²) in [6, 6.07) is 11.5. The lowest BCUT2D eigenvalue weighted by Crippen LogP contribution is -2.58. The molecule has 0 aliphatic carbocycles. The van der Waals surface area contributed by atoms with Gasteiger partial charge in [-0.2, -0.15) is 0 Å². The molecule has 0 bridgehead atoms. The van der Waals surface area contributed by atoms with Gasteiger partial charge in [-0.1, -0.05) is 18.2 Å². The van der Waals surface area contributed by atoms with Gasteiger partial charge in [-0.25, -0.2) is 4.98 Å². The number of para-hydroxylation sites is 1. The second-order valence-corrected chi connectivity index (χ2v) is 6.38. The maximum atomic E-state index is 12.9. The number of nitrogens with zero attached hydrogens (tertiary/aromatic N) is 2. The van der Waals surface area contributed by atoms with Crippen molar-refractivity contribution in [3.63, 3.8) is 0 Å². The Kier molecular flexibility index (Phi) is 4.08.